The van der Waals surface area contributed by atoms with Crippen molar-refractivity contribution < 1.29 is 0 Å². The van der Waals surface area contributed by atoms with Crippen molar-refractivity contribution in [3.05, 3.63) is 18.2 Å². The molecule has 0 amide bonds. The van der Waals surface area contributed by atoms with E-state index in [-0.39, 0.29) is 6.04 Å². The summed E-state index contributed by atoms with van der Waals surface area (Å²) in [5.41, 5.74) is 6.94. The lowest BCUT2D eigenvalue weighted by atomic mass is 10.2. The zero-order valence-electron chi connectivity index (χ0n) is 8.53. The third-order valence-corrected chi connectivity index (χ3v) is 2.21. The molecular formula is C10H19N3. The maximum atomic E-state index is 5.80. The quantitative estimate of drug-likeness (QED) is 0.707. The van der Waals surface area contributed by atoms with Crippen molar-refractivity contribution in [3.8, 4) is 0 Å². The van der Waals surface area contributed by atoms with Gasteiger partial charge in [-0.3, -0.25) is 0 Å². The van der Waals surface area contributed by atoms with Crippen LogP contribution in [0.2, 0.25) is 0 Å². The van der Waals surface area contributed by atoms with Gasteiger partial charge in [-0.15, -0.1) is 0 Å². The molecular weight excluding hydrogens is 162 g/mol. The highest BCUT2D eigenvalue weighted by Gasteiger charge is 2.05. The van der Waals surface area contributed by atoms with E-state index in [0.29, 0.717) is 0 Å². The van der Waals surface area contributed by atoms with Crippen LogP contribution in [0.3, 0.4) is 0 Å². The molecule has 1 aromatic rings. The average molecular weight is 181 g/mol. The van der Waals surface area contributed by atoms with Gasteiger partial charge in [-0.05, 0) is 13.3 Å². The Kier molecular flexibility index (Phi) is 3.96. The molecule has 74 valence electrons. The van der Waals surface area contributed by atoms with Crippen LogP contribution in [0.1, 0.15) is 44.8 Å². The molecule has 3 heteroatoms. The largest absolute Gasteiger partial charge is 0.333 e. The summed E-state index contributed by atoms with van der Waals surface area (Å²) in [5, 5.41) is 0. The lowest BCUT2D eigenvalue weighted by Crippen LogP contribution is -2.11. The minimum absolute atomic E-state index is 0.0872. The lowest BCUT2D eigenvalue weighted by Gasteiger charge is -2.09. The summed E-state index contributed by atoms with van der Waals surface area (Å²) in [6, 6.07) is 0.0872. The number of rotatable bonds is 5. The Balaban J connectivity index is 2.50. The number of hydrogen-bond donors (Lipinski definition) is 1. The lowest BCUT2D eigenvalue weighted by molar-refractivity contribution is 0.567. The van der Waals surface area contributed by atoms with Crippen LogP contribution in [0.5, 0.6) is 0 Å². The smallest absolute Gasteiger partial charge is 0.0948 e. The fourth-order valence-corrected chi connectivity index (χ4v) is 1.43. The third kappa shape index (κ3) is 2.84. The monoisotopic (exact) mass is 181 g/mol. The molecule has 0 saturated heterocycles. The molecule has 0 aliphatic rings. The predicted octanol–water partition coefficient (Wildman–Crippen LogP) is 2.09. The van der Waals surface area contributed by atoms with Gasteiger partial charge >= 0.3 is 0 Å². The Labute approximate surface area is 80.0 Å². The normalized spacial score (nSPS) is 13.2. The SMILES string of the molecule is CCCCCn1cncc1C(C)N. The maximum absolute atomic E-state index is 5.80. The zero-order chi connectivity index (χ0) is 9.68. The van der Waals surface area contributed by atoms with E-state index in [1.165, 1.54) is 19.3 Å². The molecule has 1 atom stereocenters. The van der Waals surface area contributed by atoms with E-state index in [2.05, 4.69) is 16.5 Å². The Morgan fingerprint density at radius 1 is 1.54 bits per heavy atom. The highest BCUT2D eigenvalue weighted by Crippen LogP contribution is 2.09. The summed E-state index contributed by atoms with van der Waals surface area (Å²) < 4.78 is 2.15. The molecule has 3 nitrogen and oxygen atoms in total. The molecule has 13 heavy (non-hydrogen) atoms. The maximum Gasteiger partial charge on any atom is 0.0948 e. The Morgan fingerprint density at radius 3 is 2.92 bits per heavy atom. The van der Waals surface area contributed by atoms with Gasteiger partial charge < -0.3 is 10.3 Å². The minimum atomic E-state index is 0.0872. The molecule has 0 saturated carbocycles. The van der Waals surface area contributed by atoms with Crippen molar-refractivity contribution in [2.45, 2.75) is 45.7 Å². The van der Waals surface area contributed by atoms with Crippen LogP contribution < -0.4 is 5.73 Å². The van der Waals surface area contributed by atoms with Crippen LogP contribution in [0.25, 0.3) is 0 Å². The van der Waals surface area contributed by atoms with Gasteiger partial charge in [0.15, 0.2) is 0 Å². The third-order valence-electron chi connectivity index (χ3n) is 2.21. The van der Waals surface area contributed by atoms with Crippen LogP contribution in [-0.2, 0) is 6.54 Å². The van der Waals surface area contributed by atoms with Crippen LogP contribution in [0.15, 0.2) is 12.5 Å². The van der Waals surface area contributed by atoms with Crippen molar-refractivity contribution in [2.24, 2.45) is 5.73 Å². The van der Waals surface area contributed by atoms with E-state index in [4.69, 9.17) is 5.73 Å². The highest BCUT2D eigenvalue weighted by molar-refractivity contribution is 5.02. The second kappa shape index (κ2) is 5.02. The average Bonchev–Trinajstić information content (AvgIpc) is 2.53. The Hall–Kier alpha value is -0.830. The van der Waals surface area contributed by atoms with Crippen LogP contribution in [0.4, 0.5) is 0 Å². The van der Waals surface area contributed by atoms with Crippen LogP contribution in [-0.4, -0.2) is 9.55 Å². The van der Waals surface area contributed by atoms with Gasteiger partial charge in [-0.2, -0.15) is 0 Å². The number of imidazole rings is 1. The molecule has 0 radical (unpaired) electrons. The van der Waals surface area contributed by atoms with Gasteiger partial charge in [0.2, 0.25) is 0 Å². The summed E-state index contributed by atoms with van der Waals surface area (Å²) in [7, 11) is 0. The predicted molar refractivity (Wildman–Crippen MR) is 54.4 cm³/mol. The van der Waals surface area contributed by atoms with Crippen molar-refractivity contribution in [1.82, 2.24) is 9.55 Å². The standard InChI is InChI=1S/C10H19N3/c1-3-4-5-6-13-8-12-7-10(13)9(2)11/h7-9H,3-6,11H2,1-2H3. The second-order valence-electron chi connectivity index (χ2n) is 3.51. The number of nitrogens with two attached hydrogens (primary N) is 1. The summed E-state index contributed by atoms with van der Waals surface area (Å²) in [4.78, 5) is 4.11. The molecule has 1 heterocycles. The van der Waals surface area contributed by atoms with E-state index in [9.17, 15) is 0 Å². The molecule has 2 N–H and O–H groups in total. The summed E-state index contributed by atoms with van der Waals surface area (Å²) >= 11 is 0. The molecule has 0 fully saturated rings. The Bertz CT molecular complexity index is 240. The number of nitrogens with zero attached hydrogens (tertiary/aromatic N) is 2. The fraction of sp³-hybridized carbons (Fsp3) is 0.700. The van der Waals surface area contributed by atoms with E-state index < -0.39 is 0 Å². The van der Waals surface area contributed by atoms with Gasteiger partial charge in [0.25, 0.3) is 0 Å². The molecule has 0 bridgehead atoms. The molecule has 0 spiro atoms. The molecule has 1 unspecified atom stereocenters. The molecule has 1 rings (SSSR count). The molecule has 0 aromatic carbocycles. The van der Waals surface area contributed by atoms with E-state index in [1.807, 2.05) is 19.4 Å². The van der Waals surface area contributed by atoms with Crippen molar-refractivity contribution in [3.63, 3.8) is 0 Å². The highest BCUT2D eigenvalue weighted by atomic mass is 15.1. The Morgan fingerprint density at radius 2 is 2.31 bits per heavy atom. The summed E-state index contributed by atoms with van der Waals surface area (Å²) in [5.74, 6) is 0. The van der Waals surface area contributed by atoms with Crippen molar-refractivity contribution >= 4 is 0 Å². The molecule has 0 aliphatic carbocycles. The van der Waals surface area contributed by atoms with E-state index >= 15 is 0 Å². The van der Waals surface area contributed by atoms with Gasteiger partial charge in [0, 0.05) is 18.8 Å². The first-order chi connectivity index (χ1) is 6.25. The molecule has 0 aliphatic heterocycles. The number of aromatic nitrogens is 2. The van der Waals surface area contributed by atoms with Crippen LogP contribution >= 0.6 is 0 Å². The molecule has 1 aromatic heterocycles. The first-order valence-electron chi connectivity index (χ1n) is 5.01. The van der Waals surface area contributed by atoms with E-state index in [0.717, 1.165) is 12.2 Å². The zero-order valence-corrected chi connectivity index (χ0v) is 8.53. The van der Waals surface area contributed by atoms with Crippen LogP contribution in [0, 0.1) is 0 Å². The van der Waals surface area contributed by atoms with Gasteiger partial charge in [-0.25, -0.2) is 4.98 Å². The van der Waals surface area contributed by atoms with Gasteiger partial charge in [-0.1, -0.05) is 19.8 Å². The second-order valence-corrected chi connectivity index (χ2v) is 3.51. The number of hydrogen-bond acceptors (Lipinski definition) is 2. The first-order valence-corrected chi connectivity index (χ1v) is 5.01. The topological polar surface area (TPSA) is 43.8 Å². The fourth-order valence-electron chi connectivity index (χ4n) is 1.43. The summed E-state index contributed by atoms with van der Waals surface area (Å²) in [6.45, 7) is 5.25. The number of aryl methyl sites for hydroxylation is 1. The number of unbranched alkanes of at least 4 members (excludes halogenated alkanes) is 2. The van der Waals surface area contributed by atoms with Gasteiger partial charge in [0.05, 0.1) is 12.0 Å². The van der Waals surface area contributed by atoms with Crippen molar-refractivity contribution in [2.75, 3.05) is 0 Å². The van der Waals surface area contributed by atoms with E-state index in [1.54, 1.807) is 0 Å². The van der Waals surface area contributed by atoms with Gasteiger partial charge in [0.1, 0.15) is 0 Å². The minimum Gasteiger partial charge on any atom is -0.333 e. The van der Waals surface area contributed by atoms with Crippen molar-refractivity contribution in [1.29, 1.82) is 0 Å². The summed E-state index contributed by atoms with van der Waals surface area (Å²) in [6.07, 6.45) is 7.47. The first kappa shape index (κ1) is 10.3.